The summed E-state index contributed by atoms with van der Waals surface area (Å²) in [4.78, 5) is 15.1. The van der Waals surface area contributed by atoms with Crippen LogP contribution in [0.3, 0.4) is 0 Å². The molecule has 2 heterocycles. The number of aryl methyl sites for hydroxylation is 1. The molecule has 4 heteroatoms. The molecule has 1 aliphatic rings. The Balaban J connectivity index is 1.68. The maximum Gasteiger partial charge on any atom is 0.241 e. The van der Waals surface area contributed by atoms with E-state index in [2.05, 4.69) is 66.1 Å². The molecule has 1 aromatic carbocycles. The van der Waals surface area contributed by atoms with Crippen LogP contribution in [0, 0.1) is 0 Å². The molecule has 4 nitrogen and oxygen atoms in total. The second-order valence-corrected chi connectivity index (χ2v) is 7.38. The van der Waals surface area contributed by atoms with Gasteiger partial charge in [0.2, 0.25) is 5.91 Å². The average molecular weight is 339 g/mol. The van der Waals surface area contributed by atoms with Gasteiger partial charge in [0.1, 0.15) is 0 Å². The van der Waals surface area contributed by atoms with Gasteiger partial charge in [0.15, 0.2) is 0 Å². The van der Waals surface area contributed by atoms with Crippen LogP contribution in [-0.2, 0) is 11.8 Å². The van der Waals surface area contributed by atoms with Crippen LogP contribution in [0.4, 0.5) is 5.69 Å². The lowest BCUT2D eigenvalue weighted by Crippen LogP contribution is -2.42. The van der Waals surface area contributed by atoms with Gasteiger partial charge >= 0.3 is 0 Å². The van der Waals surface area contributed by atoms with Gasteiger partial charge in [-0.05, 0) is 62.1 Å². The van der Waals surface area contributed by atoms with Gasteiger partial charge in [0.05, 0.1) is 12.1 Å². The minimum absolute atomic E-state index is 0.0680. The number of carbonyl (C=O) groups is 1. The van der Waals surface area contributed by atoms with Crippen molar-refractivity contribution in [3.63, 3.8) is 0 Å². The van der Waals surface area contributed by atoms with Gasteiger partial charge in [-0.3, -0.25) is 9.69 Å². The van der Waals surface area contributed by atoms with Crippen molar-refractivity contribution in [1.82, 2.24) is 9.47 Å². The molecule has 0 bridgehead atoms. The summed E-state index contributed by atoms with van der Waals surface area (Å²) < 4.78 is 2.16. The molecule has 2 aromatic rings. The molecular formula is C21H29N3O. The van der Waals surface area contributed by atoms with Crippen molar-refractivity contribution in [3.05, 3.63) is 53.9 Å². The van der Waals surface area contributed by atoms with E-state index in [1.165, 1.54) is 11.3 Å². The highest BCUT2D eigenvalue weighted by atomic mass is 16.2. The van der Waals surface area contributed by atoms with E-state index in [0.717, 1.165) is 25.1 Å². The Hall–Kier alpha value is -2.07. The van der Waals surface area contributed by atoms with Crippen molar-refractivity contribution < 1.29 is 4.79 Å². The summed E-state index contributed by atoms with van der Waals surface area (Å²) in [6, 6.07) is 12.6. The van der Waals surface area contributed by atoms with E-state index in [-0.39, 0.29) is 11.9 Å². The number of aromatic nitrogens is 1. The number of carbonyl (C=O) groups excluding carboxylic acids is 1. The molecule has 0 unspecified atom stereocenters. The van der Waals surface area contributed by atoms with E-state index < -0.39 is 0 Å². The third kappa shape index (κ3) is 3.79. The molecular weight excluding hydrogens is 310 g/mol. The molecule has 1 N–H and O–H groups in total. The lowest BCUT2D eigenvalue weighted by atomic mass is 10.0. The van der Waals surface area contributed by atoms with Crippen LogP contribution in [-0.4, -0.2) is 28.0 Å². The minimum atomic E-state index is -0.146. The average Bonchev–Trinajstić information content (AvgIpc) is 3.22. The van der Waals surface area contributed by atoms with E-state index in [1.54, 1.807) is 0 Å². The first-order valence-corrected chi connectivity index (χ1v) is 9.25. The van der Waals surface area contributed by atoms with Crippen LogP contribution in [0.5, 0.6) is 0 Å². The number of nitrogens with zero attached hydrogens (tertiary/aromatic N) is 2. The highest BCUT2D eigenvalue weighted by molar-refractivity contribution is 5.94. The highest BCUT2D eigenvalue weighted by Gasteiger charge is 2.34. The normalized spacial score (nSPS) is 19.3. The molecule has 0 spiro atoms. The van der Waals surface area contributed by atoms with Crippen molar-refractivity contribution in [3.8, 4) is 0 Å². The molecule has 1 fully saturated rings. The number of rotatable bonds is 5. The first-order valence-electron chi connectivity index (χ1n) is 9.25. The summed E-state index contributed by atoms with van der Waals surface area (Å²) in [5.41, 5.74) is 3.45. The second kappa shape index (κ2) is 7.44. The SMILES string of the molecule is CC(C)c1ccc(NC(=O)[C@H](C)N2CCC[C@@H]2c2cccn2C)cc1. The topological polar surface area (TPSA) is 37.3 Å². The van der Waals surface area contributed by atoms with Crippen molar-refractivity contribution in [2.45, 2.75) is 51.6 Å². The summed E-state index contributed by atoms with van der Waals surface area (Å²) in [5.74, 6) is 0.567. The molecule has 25 heavy (non-hydrogen) atoms. The van der Waals surface area contributed by atoms with Gasteiger partial charge in [-0.25, -0.2) is 0 Å². The molecule has 1 aromatic heterocycles. The molecule has 1 saturated heterocycles. The minimum Gasteiger partial charge on any atom is -0.353 e. The Morgan fingerprint density at radius 3 is 2.48 bits per heavy atom. The van der Waals surface area contributed by atoms with Crippen LogP contribution in [0.25, 0.3) is 0 Å². The predicted molar refractivity (Wildman–Crippen MR) is 103 cm³/mol. The number of amides is 1. The lowest BCUT2D eigenvalue weighted by Gasteiger charge is -2.30. The molecule has 3 rings (SSSR count). The monoisotopic (exact) mass is 339 g/mol. The summed E-state index contributed by atoms with van der Waals surface area (Å²) in [5, 5.41) is 3.08. The Morgan fingerprint density at radius 2 is 1.88 bits per heavy atom. The van der Waals surface area contributed by atoms with Gasteiger partial charge in [-0.1, -0.05) is 26.0 Å². The fourth-order valence-electron chi connectivity index (χ4n) is 3.74. The van der Waals surface area contributed by atoms with Crippen LogP contribution in [0.2, 0.25) is 0 Å². The third-order valence-electron chi connectivity index (χ3n) is 5.34. The van der Waals surface area contributed by atoms with Crippen LogP contribution in [0.15, 0.2) is 42.6 Å². The van der Waals surface area contributed by atoms with Crippen molar-refractivity contribution in [1.29, 1.82) is 0 Å². The zero-order chi connectivity index (χ0) is 18.0. The van der Waals surface area contributed by atoms with Crippen molar-refractivity contribution >= 4 is 11.6 Å². The number of hydrogen-bond acceptors (Lipinski definition) is 2. The van der Waals surface area contributed by atoms with E-state index in [0.29, 0.717) is 12.0 Å². The van der Waals surface area contributed by atoms with Crippen molar-refractivity contribution in [2.75, 3.05) is 11.9 Å². The number of anilines is 1. The summed E-state index contributed by atoms with van der Waals surface area (Å²) >= 11 is 0. The van der Waals surface area contributed by atoms with Gasteiger partial charge in [-0.2, -0.15) is 0 Å². The number of likely N-dealkylation sites (tertiary alicyclic amines) is 1. The molecule has 0 saturated carbocycles. The smallest absolute Gasteiger partial charge is 0.241 e. The quantitative estimate of drug-likeness (QED) is 0.881. The van der Waals surface area contributed by atoms with Crippen molar-refractivity contribution in [2.24, 2.45) is 7.05 Å². The Kier molecular flexibility index (Phi) is 5.28. The third-order valence-corrected chi connectivity index (χ3v) is 5.34. The van der Waals surface area contributed by atoms with E-state index in [9.17, 15) is 4.79 Å². The highest BCUT2D eigenvalue weighted by Crippen LogP contribution is 2.33. The zero-order valence-electron chi connectivity index (χ0n) is 15.7. The standard InChI is InChI=1S/C21H29N3O/c1-15(2)17-9-11-18(12-10-17)22-21(25)16(3)24-14-6-8-20(24)19-7-5-13-23(19)4/h5,7,9-13,15-16,20H,6,8,14H2,1-4H3,(H,22,25)/t16-,20+/m0/s1. The Labute approximate surface area is 150 Å². The maximum absolute atomic E-state index is 12.8. The van der Waals surface area contributed by atoms with Crippen LogP contribution >= 0.6 is 0 Å². The molecule has 1 amide bonds. The second-order valence-electron chi connectivity index (χ2n) is 7.38. The predicted octanol–water partition coefficient (Wildman–Crippen LogP) is 4.31. The summed E-state index contributed by atoms with van der Waals surface area (Å²) in [7, 11) is 2.08. The number of nitrogens with one attached hydrogen (secondary N) is 1. The number of benzene rings is 1. The first kappa shape index (κ1) is 17.7. The van der Waals surface area contributed by atoms with Gasteiger partial charge < -0.3 is 9.88 Å². The van der Waals surface area contributed by atoms with Gasteiger partial charge in [0.25, 0.3) is 0 Å². The molecule has 0 aliphatic carbocycles. The molecule has 2 atom stereocenters. The van der Waals surface area contributed by atoms with Crippen LogP contribution < -0.4 is 5.32 Å². The fourth-order valence-corrected chi connectivity index (χ4v) is 3.74. The maximum atomic E-state index is 12.8. The van der Waals surface area contributed by atoms with Gasteiger partial charge in [0, 0.05) is 24.6 Å². The zero-order valence-corrected chi connectivity index (χ0v) is 15.7. The molecule has 0 radical (unpaired) electrons. The van der Waals surface area contributed by atoms with Crippen LogP contribution in [0.1, 0.15) is 56.8 Å². The molecule has 134 valence electrons. The summed E-state index contributed by atoms with van der Waals surface area (Å²) in [6.45, 7) is 7.33. The lowest BCUT2D eigenvalue weighted by molar-refractivity contribution is -0.121. The summed E-state index contributed by atoms with van der Waals surface area (Å²) in [6.07, 6.45) is 4.32. The Bertz CT molecular complexity index is 717. The largest absolute Gasteiger partial charge is 0.353 e. The fraction of sp³-hybridized carbons (Fsp3) is 0.476. The van der Waals surface area contributed by atoms with E-state index in [4.69, 9.17) is 0 Å². The Morgan fingerprint density at radius 1 is 1.16 bits per heavy atom. The van der Waals surface area contributed by atoms with E-state index >= 15 is 0 Å². The first-order chi connectivity index (χ1) is 12.0. The number of hydrogen-bond donors (Lipinski definition) is 1. The van der Waals surface area contributed by atoms with Gasteiger partial charge in [-0.15, -0.1) is 0 Å². The molecule has 1 aliphatic heterocycles. The van der Waals surface area contributed by atoms with E-state index in [1.807, 2.05) is 19.1 Å².